The first-order valence-corrected chi connectivity index (χ1v) is 7.04. The predicted molar refractivity (Wildman–Crippen MR) is 79.6 cm³/mol. The number of non-ortho nitro benzene ring substituents is 1. The molecule has 6 heteroatoms. The fraction of sp³-hybridized carbons (Fsp3) is 0.533. The normalized spacial score (nSPS) is 22.0. The van der Waals surface area contributed by atoms with E-state index in [2.05, 4.69) is 18.7 Å². The lowest BCUT2D eigenvalue weighted by Gasteiger charge is -2.37. The number of esters is 1. The molecule has 1 aliphatic heterocycles. The van der Waals surface area contributed by atoms with Crippen LogP contribution < -0.4 is 4.90 Å². The van der Waals surface area contributed by atoms with Gasteiger partial charge < -0.3 is 9.64 Å². The molecule has 0 spiro atoms. The standard InChI is InChI=1S/C15H20N2O4/c1-10-6-11(2)9-16(8-10)14-5-4-12(17(19)20)7-13(14)15(18)21-3/h4-5,7,10-11H,6,8-9H2,1-3H3/t10-,11+. The molecule has 1 aliphatic rings. The Hall–Kier alpha value is -2.11. The monoisotopic (exact) mass is 292 g/mol. The van der Waals surface area contributed by atoms with E-state index >= 15 is 0 Å². The Morgan fingerprint density at radius 2 is 1.95 bits per heavy atom. The summed E-state index contributed by atoms with van der Waals surface area (Å²) >= 11 is 0. The maximum atomic E-state index is 11.9. The molecule has 1 heterocycles. The van der Waals surface area contributed by atoms with Gasteiger partial charge >= 0.3 is 5.97 Å². The molecule has 2 rings (SSSR count). The third-order valence-electron chi connectivity index (χ3n) is 3.81. The van der Waals surface area contributed by atoms with Gasteiger partial charge in [-0.2, -0.15) is 0 Å². The zero-order chi connectivity index (χ0) is 15.6. The lowest BCUT2D eigenvalue weighted by Crippen LogP contribution is -2.39. The summed E-state index contributed by atoms with van der Waals surface area (Å²) < 4.78 is 4.77. The number of benzene rings is 1. The molecular formula is C15H20N2O4. The molecule has 0 bridgehead atoms. The number of nitrogens with zero attached hydrogens (tertiary/aromatic N) is 2. The first-order chi connectivity index (χ1) is 9.92. The molecule has 1 saturated heterocycles. The second kappa shape index (κ2) is 6.11. The summed E-state index contributed by atoms with van der Waals surface area (Å²) in [5, 5.41) is 10.9. The Morgan fingerprint density at radius 1 is 1.33 bits per heavy atom. The number of anilines is 1. The Morgan fingerprint density at radius 3 is 2.48 bits per heavy atom. The van der Waals surface area contributed by atoms with E-state index in [0.29, 0.717) is 17.5 Å². The molecule has 0 aliphatic carbocycles. The minimum absolute atomic E-state index is 0.0998. The van der Waals surface area contributed by atoms with Crippen LogP contribution in [0.25, 0.3) is 0 Å². The number of ether oxygens (including phenoxy) is 1. The number of hydrogen-bond donors (Lipinski definition) is 0. The number of piperidine rings is 1. The summed E-state index contributed by atoms with van der Waals surface area (Å²) in [4.78, 5) is 24.5. The highest BCUT2D eigenvalue weighted by Crippen LogP contribution is 2.31. The van der Waals surface area contributed by atoms with Gasteiger partial charge in [-0.15, -0.1) is 0 Å². The largest absolute Gasteiger partial charge is 0.465 e. The van der Waals surface area contributed by atoms with Gasteiger partial charge in [-0.1, -0.05) is 13.8 Å². The van der Waals surface area contributed by atoms with Gasteiger partial charge in [0.1, 0.15) is 0 Å². The first-order valence-electron chi connectivity index (χ1n) is 7.04. The van der Waals surface area contributed by atoms with Crippen LogP contribution >= 0.6 is 0 Å². The van der Waals surface area contributed by atoms with Gasteiger partial charge in [0.25, 0.3) is 5.69 Å². The van der Waals surface area contributed by atoms with Crippen LogP contribution in [-0.4, -0.2) is 31.1 Å². The minimum atomic E-state index is -0.542. The molecule has 0 aromatic heterocycles. The average molecular weight is 292 g/mol. The fourth-order valence-corrected chi connectivity index (χ4v) is 3.05. The highest BCUT2D eigenvalue weighted by molar-refractivity contribution is 5.96. The third-order valence-corrected chi connectivity index (χ3v) is 3.81. The topological polar surface area (TPSA) is 72.7 Å². The van der Waals surface area contributed by atoms with Crippen molar-refractivity contribution in [3.63, 3.8) is 0 Å². The summed E-state index contributed by atoms with van der Waals surface area (Å²) in [5.74, 6) is 0.503. The van der Waals surface area contributed by atoms with Crippen molar-refractivity contribution < 1.29 is 14.5 Å². The highest BCUT2D eigenvalue weighted by Gasteiger charge is 2.26. The van der Waals surface area contributed by atoms with Crippen LogP contribution in [0.3, 0.4) is 0 Å². The maximum absolute atomic E-state index is 11.9. The molecule has 1 aromatic carbocycles. The van der Waals surface area contributed by atoms with Crippen LogP contribution in [0.2, 0.25) is 0 Å². The minimum Gasteiger partial charge on any atom is -0.465 e. The molecule has 2 atom stereocenters. The summed E-state index contributed by atoms with van der Waals surface area (Å²) in [7, 11) is 1.28. The Balaban J connectivity index is 2.42. The fourth-order valence-electron chi connectivity index (χ4n) is 3.05. The molecule has 1 aromatic rings. The van der Waals surface area contributed by atoms with Crippen LogP contribution in [0, 0.1) is 22.0 Å². The van der Waals surface area contributed by atoms with E-state index in [4.69, 9.17) is 4.74 Å². The number of hydrogen-bond acceptors (Lipinski definition) is 5. The zero-order valence-electron chi connectivity index (χ0n) is 12.5. The van der Waals surface area contributed by atoms with Crippen molar-refractivity contribution in [1.82, 2.24) is 0 Å². The van der Waals surface area contributed by atoms with Crippen molar-refractivity contribution in [3.8, 4) is 0 Å². The number of carbonyl (C=O) groups is 1. The molecule has 0 N–H and O–H groups in total. The predicted octanol–water partition coefficient (Wildman–Crippen LogP) is 2.86. The van der Waals surface area contributed by atoms with E-state index < -0.39 is 10.9 Å². The van der Waals surface area contributed by atoms with Gasteiger partial charge in [0.15, 0.2) is 0 Å². The smallest absolute Gasteiger partial charge is 0.340 e. The van der Waals surface area contributed by atoms with E-state index in [0.717, 1.165) is 19.5 Å². The van der Waals surface area contributed by atoms with Crippen molar-refractivity contribution in [3.05, 3.63) is 33.9 Å². The first kappa shape index (κ1) is 15.3. The van der Waals surface area contributed by atoms with Crippen molar-refractivity contribution in [2.75, 3.05) is 25.1 Å². The van der Waals surface area contributed by atoms with Gasteiger partial charge in [-0.3, -0.25) is 10.1 Å². The Bertz CT molecular complexity index is 549. The second-order valence-corrected chi connectivity index (χ2v) is 5.80. The molecule has 1 fully saturated rings. The van der Waals surface area contributed by atoms with Crippen molar-refractivity contribution in [2.24, 2.45) is 11.8 Å². The molecule has 6 nitrogen and oxygen atoms in total. The van der Waals surface area contributed by atoms with E-state index in [1.165, 1.54) is 19.2 Å². The van der Waals surface area contributed by atoms with Crippen LogP contribution in [-0.2, 0) is 4.74 Å². The third kappa shape index (κ3) is 3.32. The Labute approximate surface area is 123 Å². The van der Waals surface area contributed by atoms with Crippen LogP contribution in [0.4, 0.5) is 11.4 Å². The average Bonchev–Trinajstić information content (AvgIpc) is 2.44. The quantitative estimate of drug-likeness (QED) is 0.486. The molecule has 0 amide bonds. The highest BCUT2D eigenvalue weighted by atomic mass is 16.6. The van der Waals surface area contributed by atoms with Gasteiger partial charge in [0, 0.05) is 25.2 Å². The Kier molecular flexibility index (Phi) is 4.45. The summed E-state index contributed by atoms with van der Waals surface area (Å²) in [5.41, 5.74) is 0.871. The van der Waals surface area contributed by atoms with E-state index in [-0.39, 0.29) is 11.3 Å². The molecular weight excluding hydrogens is 272 g/mol. The molecule has 0 radical (unpaired) electrons. The molecule has 114 valence electrons. The maximum Gasteiger partial charge on any atom is 0.340 e. The zero-order valence-corrected chi connectivity index (χ0v) is 12.5. The van der Waals surface area contributed by atoms with Gasteiger partial charge in [-0.05, 0) is 24.3 Å². The lowest BCUT2D eigenvalue weighted by molar-refractivity contribution is -0.384. The SMILES string of the molecule is COC(=O)c1cc([N+](=O)[O-])ccc1N1C[C@H](C)C[C@H](C)C1. The van der Waals surface area contributed by atoms with Crippen molar-refractivity contribution in [1.29, 1.82) is 0 Å². The van der Waals surface area contributed by atoms with Crippen molar-refractivity contribution in [2.45, 2.75) is 20.3 Å². The number of nitro benzene ring substituents is 1. The number of carbonyl (C=O) groups excluding carboxylic acids is 1. The van der Waals surface area contributed by atoms with Crippen LogP contribution in [0.5, 0.6) is 0 Å². The van der Waals surface area contributed by atoms with Gasteiger partial charge in [0.05, 0.1) is 23.3 Å². The molecule has 0 saturated carbocycles. The number of methoxy groups -OCH3 is 1. The second-order valence-electron chi connectivity index (χ2n) is 5.80. The molecule has 0 unspecified atom stereocenters. The number of rotatable bonds is 3. The van der Waals surface area contributed by atoms with E-state index in [1.807, 2.05) is 0 Å². The summed E-state index contributed by atoms with van der Waals surface area (Å²) in [6, 6.07) is 4.38. The van der Waals surface area contributed by atoms with E-state index in [9.17, 15) is 14.9 Å². The van der Waals surface area contributed by atoms with Crippen LogP contribution in [0.1, 0.15) is 30.6 Å². The summed E-state index contributed by atoms with van der Waals surface area (Å²) in [6.07, 6.45) is 1.15. The lowest BCUT2D eigenvalue weighted by atomic mass is 9.91. The van der Waals surface area contributed by atoms with Crippen LogP contribution in [0.15, 0.2) is 18.2 Å². The van der Waals surface area contributed by atoms with Gasteiger partial charge in [-0.25, -0.2) is 4.79 Å². The number of nitro groups is 1. The summed E-state index contributed by atoms with van der Waals surface area (Å²) in [6.45, 7) is 6.02. The van der Waals surface area contributed by atoms with E-state index in [1.54, 1.807) is 6.07 Å². The van der Waals surface area contributed by atoms with Crippen molar-refractivity contribution >= 4 is 17.3 Å². The molecule has 21 heavy (non-hydrogen) atoms. The van der Waals surface area contributed by atoms with Gasteiger partial charge in [0.2, 0.25) is 0 Å².